The first kappa shape index (κ1) is 20.9. The highest BCUT2D eigenvalue weighted by atomic mass is 35.5. The molecule has 31 heavy (non-hydrogen) atoms. The molecule has 0 spiro atoms. The van der Waals surface area contributed by atoms with Gasteiger partial charge in [-0.25, -0.2) is 4.39 Å². The minimum absolute atomic E-state index is 0.0185. The summed E-state index contributed by atoms with van der Waals surface area (Å²) in [6.45, 7) is 0. The van der Waals surface area contributed by atoms with Crippen molar-refractivity contribution in [2.75, 3.05) is 5.32 Å². The number of halogens is 2. The highest BCUT2D eigenvalue weighted by molar-refractivity contribution is 6.31. The van der Waals surface area contributed by atoms with Gasteiger partial charge < -0.3 is 9.73 Å². The Morgan fingerprint density at radius 3 is 2.55 bits per heavy atom. The van der Waals surface area contributed by atoms with Crippen molar-refractivity contribution < 1.29 is 13.6 Å². The molecule has 1 aliphatic rings. The van der Waals surface area contributed by atoms with Gasteiger partial charge >= 0.3 is 0 Å². The topological polar surface area (TPSA) is 66.0 Å². The van der Waals surface area contributed by atoms with Crippen LogP contribution in [0.25, 0.3) is 17.4 Å². The fourth-order valence-corrected chi connectivity index (χ4v) is 4.09. The second-order valence-corrected chi connectivity index (χ2v) is 8.04. The van der Waals surface area contributed by atoms with Crippen molar-refractivity contribution >= 4 is 29.3 Å². The van der Waals surface area contributed by atoms with Crippen molar-refractivity contribution in [3.63, 3.8) is 0 Å². The molecule has 1 saturated carbocycles. The van der Waals surface area contributed by atoms with Crippen LogP contribution >= 0.6 is 11.6 Å². The van der Waals surface area contributed by atoms with Crippen molar-refractivity contribution in [1.29, 1.82) is 5.26 Å². The third-order valence-electron chi connectivity index (χ3n) is 5.61. The van der Waals surface area contributed by atoms with Crippen molar-refractivity contribution in [2.24, 2.45) is 0 Å². The fourth-order valence-electron chi connectivity index (χ4n) is 3.90. The Morgan fingerprint density at radius 2 is 1.87 bits per heavy atom. The summed E-state index contributed by atoms with van der Waals surface area (Å²) in [6.07, 6.45) is 6.84. The van der Waals surface area contributed by atoms with Crippen LogP contribution in [-0.4, -0.2) is 5.91 Å². The van der Waals surface area contributed by atoms with Crippen molar-refractivity contribution in [3.05, 3.63) is 82.8 Å². The smallest absolute Gasteiger partial charge is 0.248 e. The van der Waals surface area contributed by atoms with E-state index in [1.807, 2.05) is 24.3 Å². The van der Waals surface area contributed by atoms with Gasteiger partial charge in [0, 0.05) is 17.3 Å². The van der Waals surface area contributed by atoms with E-state index < -0.39 is 11.2 Å². The van der Waals surface area contributed by atoms with E-state index in [-0.39, 0.29) is 10.9 Å². The molecular weight excluding hydrogens is 415 g/mol. The maximum Gasteiger partial charge on any atom is 0.248 e. The van der Waals surface area contributed by atoms with Gasteiger partial charge in [0.25, 0.3) is 0 Å². The molecule has 3 aromatic rings. The van der Waals surface area contributed by atoms with Crippen LogP contribution in [-0.2, 0) is 10.2 Å². The minimum Gasteiger partial charge on any atom is -0.457 e. The van der Waals surface area contributed by atoms with Gasteiger partial charge in [-0.05, 0) is 66.9 Å². The van der Waals surface area contributed by atoms with E-state index >= 15 is 0 Å². The first-order chi connectivity index (χ1) is 15.0. The van der Waals surface area contributed by atoms with Gasteiger partial charge in [0.15, 0.2) is 0 Å². The van der Waals surface area contributed by atoms with Gasteiger partial charge in [-0.2, -0.15) is 5.26 Å². The van der Waals surface area contributed by atoms with Gasteiger partial charge in [0.2, 0.25) is 5.91 Å². The van der Waals surface area contributed by atoms with E-state index in [0.717, 1.165) is 31.2 Å². The SMILES string of the molecule is N#CC1(c2ccc(NC(=O)/C=C/c3ccc(-c4ccc(F)c(Cl)c4)o3)cc2)CCCC1. The predicted octanol–water partition coefficient (Wildman–Crippen LogP) is 6.73. The molecule has 0 bridgehead atoms. The molecule has 1 aliphatic carbocycles. The van der Waals surface area contributed by atoms with Crippen LogP contribution in [0.3, 0.4) is 0 Å². The fraction of sp³-hybridized carbons (Fsp3) is 0.200. The van der Waals surface area contributed by atoms with Crippen LogP contribution in [0.4, 0.5) is 10.1 Å². The maximum atomic E-state index is 13.3. The number of furan rings is 1. The van der Waals surface area contributed by atoms with Gasteiger partial charge in [-0.15, -0.1) is 0 Å². The quantitative estimate of drug-likeness (QED) is 0.453. The Labute approximate surface area is 185 Å². The molecule has 0 radical (unpaired) electrons. The summed E-state index contributed by atoms with van der Waals surface area (Å²) in [5.74, 6) is 0.216. The standard InChI is InChI=1S/C25H20ClFN2O2/c26-21-15-17(3-10-22(21)27)23-11-8-20(31-23)9-12-24(30)29-19-6-4-18(5-7-19)25(16-28)13-1-2-14-25/h3-12,15H,1-2,13-14H2,(H,29,30)/b12-9+. The lowest BCUT2D eigenvalue weighted by Gasteiger charge is -2.20. The van der Waals surface area contributed by atoms with Crippen molar-refractivity contribution in [1.82, 2.24) is 0 Å². The lowest BCUT2D eigenvalue weighted by Crippen LogP contribution is -2.19. The summed E-state index contributed by atoms with van der Waals surface area (Å²) in [7, 11) is 0. The average Bonchev–Trinajstić information content (AvgIpc) is 3.45. The van der Waals surface area contributed by atoms with Gasteiger partial charge in [-0.3, -0.25) is 4.79 Å². The number of nitriles is 1. The number of hydrogen-bond donors (Lipinski definition) is 1. The summed E-state index contributed by atoms with van der Waals surface area (Å²) >= 11 is 5.81. The highest BCUT2D eigenvalue weighted by Gasteiger charge is 2.35. The first-order valence-electron chi connectivity index (χ1n) is 10.1. The molecular formula is C25H20ClFN2O2. The number of rotatable bonds is 5. The largest absolute Gasteiger partial charge is 0.457 e. The molecule has 1 heterocycles. The zero-order valence-electron chi connectivity index (χ0n) is 16.7. The van der Waals surface area contributed by atoms with Crippen LogP contribution in [0.5, 0.6) is 0 Å². The molecule has 4 rings (SSSR count). The molecule has 156 valence electrons. The molecule has 0 atom stereocenters. The van der Waals surface area contributed by atoms with E-state index in [4.69, 9.17) is 16.0 Å². The Morgan fingerprint density at radius 1 is 1.13 bits per heavy atom. The zero-order chi connectivity index (χ0) is 21.8. The van der Waals surface area contributed by atoms with Crippen molar-refractivity contribution in [3.8, 4) is 17.4 Å². The summed E-state index contributed by atoms with van der Waals surface area (Å²) in [5, 5.41) is 12.4. The molecule has 0 saturated heterocycles. The molecule has 0 unspecified atom stereocenters. The molecule has 1 aromatic heterocycles. The Balaban J connectivity index is 1.39. The first-order valence-corrected chi connectivity index (χ1v) is 10.4. The Kier molecular flexibility index (Phi) is 5.92. The lowest BCUT2D eigenvalue weighted by atomic mass is 9.80. The molecule has 2 aromatic carbocycles. The van der Waals surface area contributed by atoms with Gasteiger partial charge in [0.05, 0.1) is 16.5 Å². The lowest BCUT2D eigenvalue weighted by molar-refractivity contribution is -0.111. The number of anilines is 1. The van der Waals surface area contributed by atoms with Crippen LogP contribution in [0, 0.1) is 17.1 Å². The molecule has 0 aliphatic heterocycles. The van der Waals surface area contributed by atoms with E-state index in [1.165, 1.54) is 18.2 Å². The third kappa shape index (κ3) is 4.55. The van der Waals surface area contributed by atoms with E-state index in [2.05, 4.69) is 11.4 Å². The summed E-state index contributed by atoms with van der Waals surface area (Å²) in [6, 6.07) is 17.7. The third-order valence-corrected chi connectivity index (χ3v) is 5.90. The molecule has 1 fully saturated rings. The average molecular weight is 435 g/mol. The predicted molar refractivity (Wildman–Crippen MR) is 119 cm³/mol. The minimum atomic E-state index is -0.493. The molecule has 6 heteroatoms. The summed E-state index contributed by atoms with van der Waals surface area (Å²) in [5.41, 5.74) is 1.91. The van der Waals surface area contributed by atoms with Crippen molar-refractivity contribution in [2.45, 2.75) is 31.1 Å². The number of carbonyl (C=O) groups excluding carboxylic acids is 1. The van der Waals surface area contributed by atoms with Crippen LogP contribution < -0.4 is 5.32 Å². The number of nitrogens with one attached hydrogen (secondary N) is 1. The molecule has 4 nitrogen and oxygen atoms in total. The molecule has 1 N–H and O–H groups in total. The monoisotopic (exact) mass is 434 g/mol. The second-order valence-electron chi connectivity index (χ2n) is 7.63. The maximum absolute atomic E-state index is 13.3. The van der Waals surface area contributed by atoms with Crippen LogP contribution in [0.15, 0.2) is 65.1 Å². The molecule has 1 amide bonds. The van der Waals surface area contributed by atoms with E-state index in [9.17, 15) is 14.4 Å². The number of hydrogen-bond acceptors (Lipinski definition) is 3. The van der Waals surface area contributed by atoms with E-state index in [0.29, 0.717) is 22.8 Å². The van der Waals surface area contributed by atoms with Crippen LogP contribution in [0.2, 0.25) is 5.02 Å². The number of carbonyl (C=O) groups is 1. The number of amides is 1. The van der Waals surface area contributed by atoms with Gasteiger partial charge in [0.1, 0.15) is 17.3 Å². The highest BCUT2D eigenvalue weighted by Crippen LogP contribution is 2.40. The summed E-state index contributed by atoms with van der Waals surface area (Å²) in [4.78, 5) is 12.3. The van der Waals surface area contributed by atoms with E-state index in [1.54, 1.807) is 24.3 Å². The normalized spacial score (nSPS) is 15.1. The van der Waals surface area contributed by atoms with Gasteiger partial charge in [-0.1, -0.05) is 36.6 Å². The number of nitrogens with zero attached hydrogens (tertiary/aromatic N) is 1. The van der Waals surface area contributed by atoms with Crippen LogP contribution in [0.1, 0.15) is 37.0 Å². The number of benzene rings is 2. The Bertz CT molecular complexity index is 1170. The summed E-state index contributed by atoms with van der Waals surface area (Å²) < 4.78 is 19.0. The second kappa shape index (κ2) is 8.79. The Hall–Kier alpha value is -3.36. The zero-order valence-corrected chi connectivity index (χ0v) is 17.5.